The van der Waals surface area contributed by atoms with E-state index in [1.54, 1.807) is 0 Å². The van der Waals surface area contributed by atoms with Gasteiger partial charge in [-0.05, 0) is 64.5 Å². The predicted molar refractivity (Wildman–Crippen MR) is 203 cm³/mol. The second kappa shape index (κ2) is 37.9. The summed E-state index contributed by atoms with van der Waals surface area (Å²) >= 11 is 0. The maximum absolute atomic E-state index is 12.5. The molecule has 0 saturated carbocycles. The Labute approximate surface area is 303 Å². The number of ether oxygens (including phenoxy) is 5. The molecule has 0 amide bonds. The molecule has 0 N–H and O–H groups in total. The van der Waals surface area contributed by atoms with Gasteiger partial charge in [0.1, 0.15) is 6.10 Å². The number of hydrogen-bond donors (Lipinski definition) is 0. The van der Waals surface area contributed by atoms with Gasteiger partial charge < -0.3 is 28.6 Å². The molecule has 0 bridgehead atoms. The van der Waals surface area contributed by atoms with Gasteiger partial charge in [0.15, 0.2) is 6.29 Å². The zero-order valence-corrected chi connectivity index (χ0v) is 33.1. The average Bonchev–Trinajstić information content (AvgIpc) is 3.10. The molecule has 0 fully saturated rings. The van der Waals surface area contributed by atoms with Crippen LogP contribution < -0.4 is 0 Å². The molecule has 0 saturated heterocycles. The molecule has 0 aliphatic carbocycles. The molecular weight excluding hydrogens is 618 g/mol. The monoisotopic (exact) mass is 700 g/mol. The second-order valence-corrected chi connectivity index (χ2v) is 13.7. The minimum Gasteiger partial charge on any atom is -0.466 e. The van der Waals surface area contributed by atoms with Gasteiger partial charge in [-0.3, -0.25) is 4.79 Å². The van der Waals surface area contributed by atoms with E-state index in [9.17, 15) is 9.59 Å². The largest absolute Gasteiger partial charge is 0.508 e. The summed E-state index contributed by atoms with van der Waals surface area (Å²) in [5.74, 6) is -0.200. The normalized spacial score (nSPS) is 12.1. The van der Waals surface area contributed by atoms with Crippen molar-refractivity contribution >= 4 is 12.1 Å². The minimum absolute atomic E-state index is 0.194. The lowest BCUT2D eigenvalue weighted by Gasteiger charge is -2.19. The molecule has 0 radical (unpaired) electrons. The van der Waals surface area contributed by atoms with Gasteiger partial charge in [-0.25, -0.2) is 4.79 Å². The maximum atomic E-state index is 12.5. The number of carbonyl (C=O) groups is 2. The SMILES string of the molecule is CCCCCCCCCCCCC(CCOC(=O)CCCCC(OCCCCCC)OCCCCCC)OC(=O)OCCCN(CC)CC. The summed E-state index contributed by atoms with van der Waals surface area (Å²) in [7, 11) is 0. The number of esters is 1. The summed E-state index contributed by atoms with van der Waals surface area (Å²) in [6, 6.07) is 0. The van der Waals surface area contributed by atoms with Crippen molar-refractivity contribution in [2.45, 2.75) is 208 Å². The highest BCUT2D eigenvalue weighted by Gasteiger charge is 2.17. The van der Waals surface area contributed by atoms with Crippen LogP contribution in [0.15, 0.2) is 0 Å². The fraction of sp³-hybridized carbons (Fsp3) is 0.951. The third-order valence-electron chi connectivity index (χ3n) is 9.25. The van der Waals surface area contributed by atoms with Crippen LogP contribution in [0.3, 0.4) is 0 Å². The van der Waals surface area contributed by atoms with Crippen LogP contribution >= 0.6 is 0 Å². The summed E-state index contributed by atoms with van der Waals surface area (Å²) in [5.41, 5.74) is 0. The third kappa shape index (κ3) is 33.5. The first kappa shape index (κ1) is 47.6. The van der Waals surface area contributed by atoms with Gasteiger partial charge in [-0.15, -0.1) is 0 Å². The summed E-state index contributed by atoms with van der Waals surface area (Å²) < 4.78 is 28.8. The van der Waals surface area contributed by atoms with Crippen LogP contribution in [0.1, 0.15) is 195 Å². The molecule has 8 nitrogen and oxygen atoms in total. The van der Waals surface area contributed by atoms with Crippen molar-refractivity contribution in [3.05, 3.63) is 0 Å². The first-order valence-electron chi connectivity index (χ1n) is 20.9. The van der Waals surface area contributed by atoms with E-state index in [0.717, 1.165) is 90.6 Å². The maximum Gasteiger partial charge on any atom is 0.508 e. The Hall–Kier alpha value is -1.38. The van der Waals surface area contributed by atoms with Crippen molar-refractivity contribution in [3.8, 4) is 0 Å². The minimum atomic E-state index is -0.613. The fourth-order valence-corrected chi connectivity index (χ4v) is 5.93. The zero-order valence-electron chi connectivity index (χ0n) is 33.1. The lowest BCUT2D eigenvalue weighted by molar-refractivity contribution is -0.150. The van der Waals surface area contributed by atoms with Crippen molar-refractivity contribution in [1.82, 2.24) is 4.90 Å². The van der Waals surface area contributed by atoms with E-state index in [2.05, 4.69) is 39.5 Å². The number of carbonyl (C=O) groups excluding carboxylic acids is 2. The van der Waals surface area contributed by atoms with Gasteiger partial charge in [0.25, 0.3) is 0 Å². The summed E-state index contributed by atoms with van der Waals surface area (Å²) in [6.07, 6.45) is 25.7. The van der Waals surface area contributed by atoms with Crippen LogP contribution in [0.4, 0.5) is 4.79 Å². The Bertz CT molecular complexity index is 689. The lowest BCUT2D eigenvalue weighted by atomic mass is 10.0. The summed E-state index contributed by atoms with van der Waals surface area (Å²) in [5, 5.41) is 0. The van der Waals surface area contributed by atoms with Crippen LogP contribution in [-0.4, -0.2) is 75.5 Å². The molecule has 0 heterocycles. The van der Waals surface area contributed by atoms with Gasteiger partial charge in [-0.1, -0.05) is 131 Å². The highest BCUT2D eigenvalue weighted by molar-refractivity contribution is 5.69. The van der Waals surface area contributed by atoms with Crippen molar-refractivity contribution in [2.75, 3.05) is 46.1 Å². The first-order chi connectivity index (χ1) is 24.0. The standard InChI is InChI=1S/C41H81NO7/c1-6-11-14-17-18-19-20-21-22-23-29-38(49-41(44)48-36-28-33-42(9-4)10-5)32-37-45-39(43)30-24-25-31-40(46-34-26-15-12-7-2)47-35-27-16-13-8-3/h38,40H,6-37H2,1-5H3. The van der Waals surface area contributed by atoms with Gasteiger partial charge >= 0.3 is 12.1 Å². The molecule has 8 heteroatoms. The zero-order chi connectivity index (χ0) is 36.0. The topological polar surface area (TPSA) is 83.5 Å². The van der Waals surface area contributed by atoms with Gasteiger partial charge in [0.05, 0.1) is 13.2 Å². The van der Waals surface area contributed by atoms with E-state index < -0.39 is 6.16 Å². The molecule has 0 spiro atoms. The number of rotatable bonds is 38. The molecule has 1 atom stereocenters. The van der Waals surface area contributed by atoms with E-state index in [1.807, 2.05) is 0 Å². The summed E-state index contributed by atoms with van der Waals surface area (Å²) in [6.45, 7) is 15.9. The van der Waals surface area contributed by atoms with Gasteiger partial charge in [0.2, 0.25) is 0 Å². The number of hydrogen-bond acceptors (Lipinski definition) is 8. The molecule has 0 aliphatic rings. The Balaban J connectivity index is 4.53. The van der Waals surface area contributed by atoms with E-state index in [4.69, 9.17) is 23.7 Å². The smallest absolute Gasteiger partial charge is 0.466 e. The van der Waals surface area contributed by atoms with Crippen molar-refractivity contribution in [3.63, 3.8) is 0 Å². The van der Waals surface area contributed by atoms with Gasteiger partial charge in [0, 0.05) is 32.6 Å². The molecule has 0 rings (SSSR count). The Morgan fingerprint density at radius 3 is 1.55 bits per heavy atom. The fourth-order valence-electron chi connectivity index (χ4n) is 5.93. The van der Waals surface area contributed by atoms with Crippen molar-refractivity contribution in [1.29, 1.82) is 0 Å². The number of unbranched alkanes of at least 4 members (excludes halogenated alkanes) is 16. The highest BCUT2D eigenvalue weighted by atomic mass is 16.7. The van der Waals surface area contributed by atoms with E-state index in [-0.39, 0.29) is 25.0 Å². The Morgan fingerprint density at radius 1 is 0.490 bits per heavy atom. The number of nitrogens with zero attached hydrogens (tertiary/aromatic N) is 1. The van der Waals surface area contributed by atoms with Crippen LogP contribution in [0.2, 0.25) is 0 Å². The Morgan fingerprint density at radius 2 is 1.00 bits per heavy atom. The van der Waals surface area contributed by atoms with Crippen LogP contribution in [0.5, 0.6) is 0 Å². The van der Waals surface area contributed by atoms with Crippen molar-refractivity contribution < 1.29 is 33.3 Å². The second-order valence-electron chi connectivity index (χ2n) is 13.7. The molecular formula is C41H81NO7. The van der Waals surface area contributed by atoms with E-state index >= 15 is 0 Å². The highest BCUT2D eigenvalue weighted by Crippen LogP contribution is 2.16. The molecule has 0 aromatic rings. The first-order valence-corrected chi connectivity index (χ1v) is 20.9. The molecule has 0 aliphatic heterocycles. The van der Waals surface area contributed by atoms with Crippen LogP contribution in [0, 0.1) is 0 Å². The van der Waals surface area contributed by atoms with E-state index in [1.165, 1.54) is 89.9 Å². The van der Waals surface area contributed by atoms with Gasteiger partial charge in [-0.2, -0.15) is 0 Å². The van der Waals surface area contributed by atoms with E-state index in [0.29, 0.717) is 19.4 Å². The van der Waals surface area contributed by atoms with Crippen LogP contribution in [-0.2, 0) is 28.5 Å². The average molecular weight is 700 g/mol. The lowest BCUT2D eigenvalue weighted by Crippen LogP contribution is -2.26. The molecule has 49 heavy (non-hydrogen) atoms. The third-order valence-corrected chi connectivity index (χ3v) is 9.25. The Kier molecular flexibility index (Phi) is 36.8. The predicted octanol–water partition coefficient (Wildman–Crippen LogP) is 11.6. The molecule has 0 aromatic heterocycles. The molecule has 0 aromatic carbocycles. The summed E-state index contributed by atoms with van der Waals surface area (Å²) in [4.78, 5) is 27.3. The molecule has 1 unspecified atom stereocenters. The quantitative estimate of drug-likeness (QED) is 0.0358. The van der Waals surface area contributed by atoms with Crippen molar-refractivity contribution in [2.24, 2.45) is 0 Å². The van der Waals surface area contributed by atoms with Crippen LogP contribution in [0.25, 0.3) is 0 Å². The molecule has 292 valence electrons.